The molecule has 0 heterocycles. The summed E-state index contributed by atoms with van der Waals surface area (Å²) in [6, 6.07) is 0. The van der Waals surface area contributed by atoms with Gasteiger partial charge in [0.05, 0.1) is 0 Å². The topological polar surface area (TPSA) is 37.3 Å². The van der Waals surface area contributed by atoms with Gasteiger partial charge in [-0.25, -0.2) is 0 Å². The van der Waals surface area contributed by atoms with Crippen LogP contribution in [0, 0.1) is 11.8 Å². The van der Waals surface area contributed by atoms with Gasteiger partial charge in [0.25, 0.3) is 0 Å². The molecule has 1 N–H and O–H groups in total. The third kappa shape index (κ3) is 10.0. The van der Waals surface area contributed by atoms with Crippen molar-refractivity contribution in [1.82, 2.24) is 0 Å². The van der Waals surface area contributed by atoms with Crippen LogP contribution in [0.2, 0.25) is 0 Å². The number of hydrogen-bond donors (Lipinski definition) is 1. The Morgan fingerprint density at radius 3 is 2.12 bits per heavy atom. The van der Waals surface area contributed by atoms with Crippen LogP contribution in [0.15, 0.2) is 0 Å². The molecule has 0 spiro atoms. The van der Waals surface area contributed by atoms with Crippen molar-refractivity contribution in [3.05, 3.63) is 0 Å². The van der Waals surface area contributed by atoms with E-state index in [0.717, 1.165) is 12.3 Å². The molecule has 0 aliphatic rings. The molecule has 0 aliphatic carbocycles. The molecule has 0 radical (unpaired) electrons. The van der Waals surface area contributed by atoms with Crippen molar-refractivity contribution in [3.63, 3.8) is 0 Å². The second-order valence-electron chi connectivity index (χ2n) is 5.23. The lowest BCUT2D eigenvalue weighted by Gasteiger charge is -2.12. The number of carboxylic acid groups (broad SMARTS) is 1. The Balaban J connectivity index is 3.38. The van der Waals surface area contributed by atoms with Gasteiger partial charge in [-0.05, 0) is 11.8 Å². The van der Waals surface area contributed by atoms with E-state index in [1.807, 2.05) is 6.92 Å². The molecule has 2 unspecified atom stereocenters. The number of carboxylic acids is 1. The number of carbonyl (C=O) groups is 1. The van der Waals surface area contributed by atoms with Crippen LogP contribution in [0.25, 0.3) is 0 Å². The van der Waals surface area contributed by atoms with Gasteiger partial charge < -0.3 is 5.11 Å². The summed E-state index contributed by atoms with van der Waals surface area (Å²) in [4.78, 5) is 10.5. The Bertz CT molecular complexity index is 178. The lowest BCUT2D eigenvalue weighted by molar-refractivity contribution is -0.138. The van der Waals surface area contributed by atoms with Crippen LogP contribution in [0.3, 0.4) is 0 Å². The quantitative estimate of drug-likeness (QED) is 0.560. The predicted octanol–water partition coefficient (Wildman–Crippen LogP) is 4.48. The normalized spacial score (nSPS) is 14.7. The molecule has 0 saturated heterocycles. The highest BCUT2D eigenvalue weighted by molar-refractivity contribution is 5.66. The lowest BCUT2D eigenvalue weighted by Crippen LogP contribution is -2.05. The van der Waals surface area contributed by atoms with Gasteiger partial charge in [-0.15, -0.1) is 0 Å². The van der Waals surface area contributed by atoms with E-state index in [2.05, 4.69) is 13.8 Å². The van der Waals surface area contributed by atoms with E-state index >= 15 is 0 Å². The molecule has 0 aromatic carbocycles. The molecule has 0 amide bonds. The third-order valence-corrected chi connectivity index (χ3v) is 3.22. The van der Waals surface area contributed by atoms with Crippen LogP contribution in [0.5, 0.6) is 0 Å². The largest absolute Gasteiger partial charge is 0.481 e. The maximum atomic E-state index is 10.5. The van der Waals surface area contributed by atoms with Crippen LogP contribution in [0.1, 0.15) is 72.1 Å². The zero-order valence-electron chi connectivity index (χ0n) is 11.2. The van der Waals surface area contributed by atoms with Gasteiger partial charge in [0, 0.05) is 6.42 Å². The van der Waals surface area contributed by atoms with Gasteiger partial charge in [0.15, 0.2) is 0 Å². The Kier molecular flexibility index (Phi) is 9.36. The first kappa shape index (κ1) is 15.5. The lowest BCUT2D eigenvalue weighted by atomic mass is 9.93. The van der Waals surface area contributed by atoms with Gasteiger partial charge in [-0.2, -0.15) is 0 Å². The van der Waals surface area contributed by atoms with Crippen molar-refractivity contribution in [2.45, 2.75) is 72.1 Å². The van der Waals surface area contributed by atoms with Crippen molar-refractivity contribution >= 4 is 5.97 Å². The van der Waals surface area contributed by atoms with E-state index in [4.69, 9.17) is 5.11 Å². The summed E-state index contributed by atoms with van der Waals surface area (Å²) < 4.78 is 0. The monoisotopic (exact) mass is 228 g/mol. The highest BCUT2D eigenvalue weighted by Gasteiger charge is 2.08. The average molecular weight is 228 g/mol. The average Bonchev–Trinajstić information content (AvgIpc) is 2.17. The summed E-state index contributed by atoms with van der Waals surface area (Å²) in [5, 5.41) is 8.64. The van der Waals surface area contributed by atoms with E-state index in [1.165, 1.54) is 38.5 Å². The van der Waals surface area contributed by atoms with Gasteiger partial charge in [-0.1, -0.05) is 65.7 Å². The summed E-state index contributed by atoms with van der Waals surface area (Å²) in [6.45, 7) is 6.59. The summed E-state index contributed by atoms with van der Waals surface area (Å²) in [5.74, 6) is 0.479. The molecule has 2 nitrogen and oxygen atoms in total. The SMILES string of the molecule is CCCCCC(C)CCCC(C)CC(=O)O. The molecule has 0 saturated carbocycles. The van der Waals surface area contributed by atoms with Gasteiger partial charge in [0.1, 0.15) is 0 Å². The summed E-state index contributed by atoms with van der Waals surface area (Å²) in [5.41, 5.74) is 0. The smallest absolute Gasteiger partial charge is 0.303 e. The number of aliphatic carboxylic acids is 1. The first-order chi connectivity index (χ1) is 7.56. The molecule has 0 aromatic heterocycles. The maximum absolute atomic E-state index is 10.5. The van der Waals surface area contributed by atoms with E-state index in [1.54, 1.807) is 0 Å². The number of unbranched alkanes of at least 4 members (excludes halogenated alkanes) is 2. The summed E-state index contributed by atoms with van der Waals surface area (Å²) >= 11 is 0. The van der Waals surface area contributed by atoms with Crippen LogP contribution < -0.4 is 0 Å². The first-order valence-electron chi connectivity index (χ1n) is 6.78. The minimum atomic E-state index is -0.663. The van der Waals surface area contributed by atoms with Crippen molar-refractivity contribution in [2.24, 2.45) is 11.8 Å². The molecule has 0 fully saturated rings. The van der Waals surface area contributed by atoms with E-state index in [0.29, 0.717) is 12.3 Å². The van der Waals surface area contributed by atoms with Crippen molar-refractivity contribution < 1.29 is 9.90 Å². The standard InChI is InChI=1S/C14H28O2/c1-4-5-6-8-12(2)9-7-10-13(3)11-14(15)16/h12-13H,4-11H2,1-3H3,(H,15,16). The molecule has 0 bridgehead atoms. The van der Waals surface area contributed by atoms with Gasteiger partial charge in [-0.3, -0.25) is 4.79 Å². The van der Waals surface area contributed by atoms with E-state index in [9.17, 15) is 4.79 Å². The van der Waals surface area contributed by atoms with E-state index < -0.39 is 5.97 Å². The summed E-state index contributed by atoms with van der Waals surface area (Å²) in [7, 11) is 0. The van der Waals surface area contributed by atoms with Crippen molar-refractivity contribution in [1.29, 1.82) is 0 Å². The number of rotatable bonds is 10. The van der Waals surface area contributed by atoms with Crippen LogP contribution >= 0.6 is 0 Å². The highest BCUT2D eigenvalue weighted by Crippen LogP contribution is 2.19. The first-order valence-corrected chi connectivity index (χ1v) is 6.78. The maximum Gasteiger partial charge on any atom is 0.303 e. The van der Waals surface area contributed by atoms with Crippen molar-refractivity contribution in [2.75, 3.05) is 0 Å². The molecule has 0 rings (SSSR count). The van der Waals surface area contributed by atoms with Crippen LogP contribution in [-0.4, -0.2) is 11.1 Å². The zero-order chi connectivity index (χ0) is 12.4. The molecule has 96 valence electrons. The van der Waals surface area contributed by atoms with Crippen LogP contribution in [-0.2, 0) is 4.79 Å². The second-order valence-corrected chi connectivity index (χ2v) is 5.23. The predicted molar refractivity (Wildman–Crippen MR) is 68.6 cm³/mol. The second kappa shape index (κ2) is 9.68. The molecule has 2 atom stereocenters. The fourth-order valence-electron chi connectivity index (χ4n) is 2.10. The fourth-order valence-corrected chi connectivity index (χ4v) is 2.10. The molecule has 2 heteroatoms. The Hall–Kier alpha value is -0.530. The zero-order valence-corrected chi connectivity index (χ0v) is 11.2. The Labute approximate surface area is 100 Å². The van der Waals surface area contributed by atoms with Crippen LogP contribution in [0.4, 0.5) is 0 Å². The molecule has 0 aromatic rings. The minimum Gasteiger partial charge on any atom is -0.481 e. The van der Waals surface area contributed by atoms with Gasteiger partial charge >= 0.3 is 5.97 Å². The Morgan fingerprint density at radius 1 is 1.00 bits per heavy atom. The summed E-state index contributed by atoms with van der Waals surface area (Å²) in [6.07, 6.45) is 9.15. The van der Waals surface area contributed by atoms with Gasteiger partial charge in [0.2, 0.25) is 0 Å². The molecular weight excluding hydrogens is 200 g/mol. The molecule has 0 aliphatic heterocycles. The number of hydrogen-bond acceptors (Lipinski definition) is 1. The van der Waals surface area contributed by atoms with Crippen molar-refractivity contribution in [3.8, 4) is 0 Å². The highest BCUT2D eigenvalue weighted by atomic mass is 16.4. The molecule has 16 heavy (non-hydrogen) atoms. The fraction of sp³-hybridized carbons (Fsp3) is 0.929. The third-order valence-electron chi connectivity index (χ3n) is 3.22. The Morgan fingerprint density at radius 2 is 1.56 bits per heavy atom. The minimum absolute atomic E-state index is 0.324. The molecular formula is C14H28O2. The van der Waals surface area contributed by atoms with E-state index in [-0.39, 0.29) is 0 Å².